The van der Waals surface area contributed by atoms with Crippen molar-refractivity contribution < 1.29 is 27.3 Å². The van der Waals surface area contributed by atoms with E-state index in [1.807, 2.05) is 0 Å². The van der Waals surface area contributed by atoms with Crippen molar-refractivity contribution in [2.24, 2.45) is 0 Å². The first-order chi connectivity index (χ1) is 12.8. The zero-order valence-electron chi connectivity index (χ0n) is 16.7. The number of esters is 1. The average molecular weight is 405 g/mol. The number of carbonyl (C=O) groups excluding carboxylic acids is 2. The van der Waals surface area contributed by atoms with Crippen molar-refractivity contribution in [1.82, 2.24) is 0 Å². The minimum atomic E-state index is -4.17. The van der Waals surface area contributed by atoms with Crippen LogP contribution < -0.4 is 0 Å². The van der Waals surface area contributed by atoms with Crippen LogP contribution in [0.25, 0.3) is 0 Å². The van der Waals surface area contributed by atoms with Gasteiger partial charge in [0.05, 0.1) is 11.9 Å². The second-order valence-corrected chi connectivity index (χ2v) is 8.70. The summed E-state index contributed by atoms with van der Waals surface area (Å²) < 4.78 is 37.2. The third-order valence-electron chi connectivity index (χ3n) is 4.59. The van der Waals surface area contributed by atoms with Gasteiger partial charge in [0.1, 0.15) is 6.29 Å². The zero-order chi connectivity index (χ0) is 20.5. The quantitative estimate of drug-likeness (QED) is 0.118. The van der Waals surface area contributed by atoms with Gasteiger partial charge in [0.2, 0.25) is 0 Å². The minimum absolute atomic E-state index is 0.0306. The van der Waals surface area contributed by atoms with Gasteiger partial charge >= 0.3 is 5.97 Å². The summed E-state index contributed by atoms with van der Waals surface area (Å²) in [5.74, 6) is -0.713. The van der Waals surface area contributed by atoms with Crippen LogP contribution in [0, 0.1) is 0 Å². The number of unbranched alkanes of at least 4 members (excludes halogenated alkanes) is 9. The summed E-state index contributed by atoms with van der Waals surface area (Å²) in [5.41, 5.74) is 0.0306. The van der Waals surface area contributed by atoms with Crippen LogP contribution in [0.2, 0.25) is 0 Å². The first-order valence-electron chi connectivity index (χ1n) is 10.1. The van der Waals surface area contributed by atoms with Gasteiger partial charge in [-0.2, -0.15) is 8.42 Å². The summed E-state index contributed by atoms with van der Waals surface area (Å²) in [6.07, 6.45) is 12.3. The van der Waals surface area contributed by atoms with Crippen molar-refractivity contribution in [3.05, 3.63) is 12.2 Å². The van der Waals surface area contributed by atoms with Crippen LogP contribution in [0.5, 0.6) is 0 Å². The van der Waals surface area contributed by atoms with Crippen LogP contribution in [0.1, 0.15) is 90.4 Å². The summed E-state index contributed by atoms with van der Waals surface area (Å²) >= 11 is 0. The summed E-state index contributed by atoms with van der Waals surface area (Å²) in [6.45, 7) is 5.50. The molecule has 7 heteroatoms. The Bertz CT molecular complexity index is 527. The fourth-order valence-electron chi connectivity index (χ4n) is 2.87. The second-order valence-electron chi connectivity index (χ2n) is 7.01. The molecule has 0 aromatic rings. The largest absolute Gasteiger partial charge is 0.462 e. The van der Waals surface area contributed by atoms with E-state index < -0.39 is 21.3 Å². The van der Waals surface area contributed by atoms with E-state index in [0.717, 1.165) is 19.3 Å². The predicted molar refractivity (Wildman–Crippen MR) is 107 cm³/mol. The van der Waals surface area contributed by atoms with E-state index in [2.05, 4.69) is 13.5 Å². The molecule has 0 aliphatic rings. The van der Waals surface area contributed by atoms with Crippen molar-refractivity contribution in [3.63, 3.8) is 0 Å². The third kappa shape index (κ3) is 14.5. The molecule has 0 radical (unpaired) electrons. The maximum Gasteiger partial charge on any atom is 0.333 e. The fourth-order valence-corrected chi connectivity index (χ4v) is 3.73. The van der Waals surface area contributed by atoms with Crippen LogP contribution in [0.4, 0.5) is 0 Å². The van der Waals surface area contributed by atoms with Gasteiger partial charge < -0.3 is 9.53 Å². The van der Waals surface area contributed by atoms with E-state index in [0.29, 0.717) is 19.1 Å². The molecule has 6 nitrogen and oxygen atoms in total. The van der Waals surface area contributed by atoms with Crippen molar-refractivity contribution in [2.45, 2.75) is 95.6 Å². The van der Waals surface area contributed by atoms with Gasteiger partial charge in [-0.15, -0.1) is 0 Å². The SMILES string of the molecule is C=C(CC=O)C(=O)OCCC(CCCCCCCCCCCC)S(=O)(=O)O. The lowest BCUT2D eigenvalue weighted by Gasteiger charge is -2.14. The van der Waals surface area contributed by atoms with Crippen molar-refractivity contribution in [3.8, 4) is 0 Å². The van der Waals surface area contributed by atoms with E-state index in [-0.39, 0.29) is 25.0 Å². The van der Waals surface area contributed by atoms with Gasteiger partial charge in [-0.1, -0.05) is 77.7 Å². The molecule has 0 aliphatic carbocycles. The number of aldehydes is 1. The topological polar surface area (TPSA) is 97.7 Å². The van der Waals surface area contributed by atoms with E-state index in [1.54, 1.807) is 0 Å². The monoisotopic (exact) mass is 404 g/mol. The number of ether oxygens (including phenoxy) is 1. The maximum atomic E-state index is 11.5. The van der Waals surface area contributed by atoms with Gasteiger partial charge in [-0.05, 0) is 6.42 Å². The molecule has 0 saturated heterocycles. The molecular weight excluding hydrogens is 368 g/mol. The van der Waals surface area contributed by atoms with E-state index in [1.165, 1.54) is 38.5 Å². The van der Waals surface area contributed by atoms with Gasteiger partial charge in [0.25, 0.3) is 10.1 Å². The Kier molecular flexibility index (Phi) is 15.1. The molecule has 0 bridgehead atoms. The Morgan fingerprint density at radius 2 is 1.52 bits per heavy atom. The van der Waals surface area contributed by atoms with Crippen LogP contribution in [0.15, 0.2) is 12.2 Å². The highest BCUT2D eigenvalue weighted by molar-refractivity contribution is 7.86. The number of hydrogen-bond acceptors (Lipinski definition) is 5. The molecule has 1 unspecified atom stereocenters. The summed E-state index contributed by atoms with van der Waals surface area (Å²) in [4.78, 5) is 21.8. The fraction of sp³-hybridized carbons (Fsp3) is 0.800. The van der Waals surface area contributed by atoms with Crippen LogP contribution in [-0.2, 0) is 24.4 Å². The molecule has 0 aliphatic heterocycles. The molecule has 0 saturated carbocycles. The first kappa shape index (κ1) is 25.8. The molecule has 0 spiro atoms. The maximum absolute atomic E-state index is 11.5. The van der Waals surface area contributed by atoms with Gasteiger partial charge in [-0.3, -0.25) is 4.55 Å². The van der Waals surface area contributed by atoms with Crippen molar-refractivity contribution in [2.75, 3.05) is 6.61 Å². The average Bonchev–Trinajstić information content (AvgIpc) is 2.60. The summed E-state index contributed by atoms with van der Waals surface area (Å²) in [7, 11) is -4.17. The highest BCUT2D eigenvalue weighted by Crippen LogP contribution is 2.17. The van der Waals surface area contributed by atoms with Crippen LogP contribution in [-0.4, -0.2) is 37.1 Å². The molecule has 0 rings (SSSR count). The molecular formula is C20H36O6S. The molecule has 158 valence electrons. The predicted octanol–water partition coefficient (Wildman–Crippen LogP) is 4.63. The lowest BCUT2D eigenvalue weighted by molar-refractivity contribution is -0.139. The van der Waals surface area contributed by atoms with Gasteiger partial charge in [0.15, 0.2) is 0 Å². The summed E-state index contributed by atoms with van der Waals surface area (Å²) in [5, 5.41) is -0.932. The Morgan fingerprint density at radius 3 is 2.00 bits per heavy atom. The zero-order valence-corrected chi connectivity index (χ0v) is 17.5. The molecule has 0 amide bonds. The molecule has 0 fully saturated rings. The van der Waals surface area contributed by atoms with Gasteiger partial charge in [-0.25, -0.2) is 4.79 Å². The standard InChI is InChI=1S/C20H36O6S/c1-3-4-5-6-7-8-9-10-11-12-13-19(27(23,24)25)15-17-26-20(22)18(2)14-16-21/h16,19H,2-15,17H2,1H3,(H,23,24,25). The number of carbonyl (C=O) groups is 2. The molecule has 1 N–H and O–H groups in total. The Hall–Kier alpha value is -1.21. The number of hydrogen-bond donors (Lipinski definition) is 1. The van der Waals surface area contributed by atoms with E-state index >= 15 is 0 Å². The smallest absolute Gasteiger partial charge is 0.333 e. The van der Waals surface area contributed by atoms with E-state index in [4.69, 9.17) is 4.74 Å². The van der Waals surface area contributed by atoms with Crippen LogP contribution in [0.3, 0.4) is 0 Å². The highest BCUT2D eigenvalue weighted by Gasteiger charge is 2.23. The molecule has 0 aromatic heterocycles. The summed E-state index contributed by atoms with van der Waals surface area (Å²) in [6, 6.07) is 0. The van der Waals surface area contributed by atoms with Gasteiger partial charge in [0, 0.05) is 18.4 Å². The Balaban J connectivity index is 3.94. The Morgan fingerprint density at radius 1 is 1.00 bits per heavy atom. The lowest BCUT2D eigenvalue weighted by atomic mass is 10.0. The van der Waals surface area contributed by atoms with Crippen molar-refractivity contribution >= 4 is 22.4 Å². The number of rotatable bonds is 18. The molecule has 0 aromatic carbocycles. The normalized spacial score (nSPS) is 12.5. The Labute approximate surface area is 164 Å². The minimum Gasteiger partial charge on any atom is -0.462 e. The third-order valence-corrected chi connectivity index (χ3v) is 5.91. The first-order valence-corrected chi connectivity index (χ1v) is 11.6. The molecule has 1 atom stereocenters. The molecule has 0 heterocycles. The van der Waals surface area contributed by atoms with Crippen molar-refractivity contribution in [1.29, 1.82) is 0 Å². The highest BCUT2D eigenvalue weighted by atomic mass is 32.2. The van der Waals surface area contributed by atoms with E-state index in [9.17, 15) is 22.6 Å². The van der Waals surface area contributed by atoms with Crippen LogP contribution >= 0.6 is 0 Å². The lowest BCUT2D eigenvalue weighted by Crippen LogP contribution is -2.23. The second kappa shape index (κ2) is 15.8. The molecule has 27 heavy (non-hydrogen) atoms.